The standard InChI is InChI=1S/C19H31N3O2/c1-13-4-2-3-5-22(13)12-17(23)20-18(24)21-19-9-14-6-15(10-19)8-16(7-14)11-19/h13-16H,2-12H2,1H3,(H2,20,21,23,24)/t13-,14?,15?,16?,19?/m1/s1. The van der Waals surface area contributed by atoms with E-state index in [1.165, 1.54) is 25.7 Å². The molecule has 0 radical (unpaired) electrons. The van der Waals surface area contributed by atoms with Crippen molar-refractivity contribution >= 4 is 11.9 Å². The number of nitrogens with zero attached hydrogens (tertiary/aromatic N) is 1. The third kappa shape index (κ3) is 3.32. The molecule has 0 unspecified atom stereocenters. The molecule has 1 aliphatic heterocycles. The topological polar surface area (TPSA) is 61.4 Å². The van der Waals surface area contributed by atoms with Gasteiger partial charge in [-0.25, -0.2) is 4.79 Å². The van der Waals surface area contributed by atoms with Crippen molar-refractivity contribution in [1.29, 1.82) is 0 Å². The maximum absolute atomic E-state index is 12.4. The molecule has 5 rings (SSSR count). The lowest BCUT2D eigenvalue weighted by Gasteiger charge is -2.56. The van der Waals surface area contributed by atoms with E-state index in [4.69, 9.17) is 0 Å². The Labute approximate surface area is 144 Å². The van der Waals surface area contributed by atoms with Gasteiger partial charge >= 0.3 is 6.03 Å². The van der Waals surface area contributed by atoms with Crippen LogP contribution in [0.15, 0.2) is 0 Å². The number of hydrogen-bond acceptors (Lipinski definition) is 3. The SMILES string of the molecule is C[C@@H]1CCCCN1CC(=O)NC(=O)NC12CC3CC(CC(C3)C1)C2. The molecule has 134 valence electrons. The van der Waals surface area contributed by atoms with Crippen molar-refractivity contribution in [3.05, 3.63) is 0 Å². The molecule has 3 amide bonds. The zero-order valence-electron chi connectivity index (χ0n) is 14.9. The molecule has 4 saturated carbocycles. The minimum absolute atomic E-state index is 0.0302. The summed E-state index contributed by atoms with van der Waals surface area (Å²) in [5.74, 6) is 2.22. The predicted molar refractivity (Wildman–Crippen MR) is 92.5 cm³/mol. The Bertz CT molecular complexity index is 483. The van der Waals surface area contributed by atoms with E-state index >= 15 is 0 Å². The average Bonchev–Trinajstić information content (AvgIpc) is 2.47. The number of likely N-dealkylation sites (tertiary alicyclic amines) is 1. The highest BCUT2D eigenvalue weighted by Gasteiger charge is 2.51. The van der Waals surface area contributed by atoms with Crippen LogP contribution in [0.25, 0.3) is 0 Å². The van der Waals surface area contributed by atoms with Crippen molar-refractivity contribution in [2.75, 3.05) is 13.1 Å². The molecule has 1 heterocycles. The van der Waals surface area contributed by atoms with Gasteiger partial charge in [-0.1, -0.05) is 6.42 Å². The molecule has 5 fully saturated rings. The smallest absolute Gasteiger partial charge is 0.321 e. The summed E-state index contributed by atoms with van der Waals surface area (Å²) in [6.45, 7) is 3.47. The Kier molecular flexibility index (Phi) is 4.31. The minimum atomic E-state index is -0.272. The largest absolute Gasteiger partial charge is 0.332 e. The van der Waals surface area contributed by atoms with Crippen LogP contribution in [0.2, 0.25) is 0 Å². The molecular weight excluding hydrogens is 302 g/mol. The summed E-state index contributed by atoms with van der Waals surface area (Å²) in [6.07, 6.45) is 10.9. The van der Waals surface area contributed by atoms with Gasteiger partial charge in [-0.2, -0.15) is 0 Å². The Balaban J connectivity index is 1.29. The monoisotopic (exact) mass is 333 g/mol. The molecule has 24 heavy (non-hydrogen) atoms. The fourth-order valence-corrected chi connectivity index (χ4v) is 6.28. The second kappa shape index (κ2) is 6.32. The van der Waals surface area contributed by atoms with Gasteiger partial charge in [-0.15, -0.1) is 0 Å². The molecule has 5 aliphatic rings. The predicted octanol–water partition coefficient (Wildman–Crippen LogP) is 2.66. The van der Waals surface area contributed by atoms with Crippen LogP contribution in [0.1, 0.15) is 64.7 Å². The van der Waals surface area contributed by atoms with E-state index < -0.39 is 0 Å². The summed E-state index contributed by atoms with van der Waals surface area (Å²) in [5.41, 5.74) is -0.0302. The summed E-state index contributed by atoms with van der Waals surface area (Å²) in [5, 5.41) is 5.81. The number of urea groups is 1. The zero-order chi connectivity index (χ0) is 16.7. The molecule has 5 heteroatoms. The highest BCUT2D eigenvalue weighted by Crippen LogP contribution is 2.55. The molecule has 2 N–H and O–H groups in total. The summed E-state index contributed by atoms with van der Waals surface area (Å²) in [6, 6.07) is 0.169. The fraction of sp³-hybridized carbons (Fsp3) is 0.895. The highest BCUT2D eigenvalue weighted by molar-refractivity contribution is 5.95. The van der Waals surface area contributed by atoms with Gasteiger partial charge in [-0.05, 0) is 82.6 Å². The molecule has 1 saturated heterocycles. The number of carbonyl (C=O) groups is 2. The Morgan fingerprint density at radius 1 is 1.04 bits per heavy atom. The lowest BCUT2D eigenvalue weighted by Crippen LogP contribution is -2.62. The quantitative estimate of drug-likeness (QED) is 0.835. The summed E-state index contributed by atoms with van der Waals surface area (Å²) < 4.78 is 0. The molecular formula is C19H31N3O2. The number of hydrogen-bond donors (Lipinski definition) is 2. The number of nitrogens with one attached hydrogen (secondary N) is 2. The van der Waals surface area contributed by atoms with E-state index in [2.05, 4.69) is 22.5 Å². The van der Waals surface area contributed by atoms with E-state index in [-0.39, 0.29) is 17.5 Å². The first-order valence-corrected chi connectivity index (χ1v) is 9.87. The van der Waals surface area contributed by atoms with E-state index in [1.807, 2.05) is 0 Å². The number of imide groups is 1. The number of carbonyl (C=O) groups excluding carboxylic acids is 2. The summed E-state index contributed by atoms with van der Waals surface area (Å²) in [7, 11) is 0. The maximum Gasteiger partial charge on any atom is 0.321 e. The number of piperidine rings is 1. The van der Waals surface area contributed by atoms with Crippen LogP contribution in [0.4, 0.5) is 4.79 Å². The molecule has 4 bridgehead atoms. The highest BCUT2D eigenvalue weighted by atomic mass is 16.2. The lowest BCUT2D eigenvalue weighted by atomic mass is 9.53. The van der Waals surface area contributed by atoms with Gasteiger partial charge in [-0.3, -0.25) is 15.0 Å². The van der Waals surface area contributed by atoms with E-state index in [0.717, 1.165) is 56.4 Å². The van der Waals surface area contributed by atoms with Crippen LogP contribution >= 0.6 is 0 Å². The van der Waals surface area contributed by atoms with Crippen molar-refractivity contribution in [2.24, 2.45) is 17.8 Å². The van der Waals surface area contributed by atoms with E-state index in [0.29, 0.717) is 12.6 Å². The number of amides is 3. The van der Waals surface area contributed by atoms with Crippen molar-refractivity contribution < 1.29 is 9.59 Å². The second-order valence-electron chi connectivity index (χ2n) is 9.02. The molecule has 0 aromatic carbocycles. The van der Waals surface area contributed by atoms with Crippen molar-refractivity contribution in [3.63, 3.8) is 0 Å². The van der Waals surface area contributed by atoms with Gasteiger partial charge in [0.2, 0.25) is 5.91 Å². The Morgan fingerprint density at radius 2 is 1.67 bits per heavy atom. The third-order valence-electron chi connectivity index (χ3n) is 6.96. The van der Waals surface area contributed by atoms with Crippen molar-refractivity contribution in [3.8, 4) is 0 Å². The first-order chi connectivity index (χ1) is 11.5. The second-order valence-corrected chi connectivity index (χ2v) is 9.02. The van der Waals surface area contributed by atoms with Crippen LogP contribution < -0.4 is 10.6 Å². The number of rotatable bonds is 3. The van der Waals surface area contributed by atoms with Crippen LogP contribution in [0.3, 0.4) is 0 Å². The van der Waals surface area contributed by atoms with Gasteiger partial charge < -0.3 is 5.32 Å². The Morgan fingerprint density at radius 3 is 2.25 bits per heavy atom. The van der Waals surface area contributed by atoms with Gasteiger partial charge in [0.25, 0.3) is 0 Å². The van der Waals surface area contributed by atoms with Crippen LogP contribution in [-0.2, 0) is 4.79 Å². The molecule has 1 atom stereocenters. The zero-order valence-corrected chi connectivity index (χ0v) is 14.9. The van der Waals surface area contributed by atoms with Crippen LogP contribution in [0.5, 0.6) is 0 Å². The average molecular weight is 333 g/mol. The lowest BCUT2D eigenvalue weighted by molar-refractivity contribution is -0.122. The van der Waals surface area contributed by atoms with Gasteiger partial charge in [0.1, 0.15) is 0 Å². The third-order valence-corrected chi connectivity index (χ3v) is 6.96. The van der Waals surface area contributed by atoms with Crippen LogP contribution in [0, 0.1) is 17.8 Å². The van der Waals surface area contributed by atoms with Crippen molar-refractivity contribution in [1.82, 2.24) is 15.5 Å². The van der Waals surface area contributed by atoms with Gasteiger partial charge in [0.05, 0.1) is 6.54 Å². The first-order valence-electron chi connectivity index (χ1n) is 9.87. The molecule has 0 aromatic rings. The molecule has 0 spiro atoms. The molecule has 4 aliphatic carbocycles. The van der Waals surface area contributed by atoms with Gasteiger partial charge in [0.15, 0.2) is 0 Å². The molecule has 5 nitrogen and oxygen atoms in total. The van der Waals surface area contributed by atoms with E-state index in [9.17, 15) is 9.59 Å². The minimum Gasteiger partial charge on any atom is -0.332 e. The maximum atomic E-state index is 12.4. The van der Waals surface area contributed by atoms with Crippen molar-refractivity contribution in [2.45, 2.75) is 76.3 Å². The first kappa shape index (κ1) is 16.4. The van der Waals surface area contributed by atoms with Gasteiger partial charge in [0, 0.05) is 11.6 Å². The summed E-state index contributed by atoms with van der Waals surface area (Å²) >= 11 is 0. The Hall–Kier alpha value is -1.10. The van der Waals surface area contributed by atoms with Crippen LogP contribution in [-0.4, -0.2) is 41.5 Å². The van der Waals surface area contributed by atoms with E-state index in [1.54, 1.807) is 0 Å². The normalized spacial score (nSPS) is 41.2. The molecule has 0 aromatic heterocycles. The fourth-order valence-electron chi connectivity index (χ4n) is 6.28. The summed E-state index contributed by atoms with van der Waals surface area (Å²) in [4.78, 5) is 26.8.